The van der Waals surface area contributed by atoms with Crippen LogP contribution in [0.4, 0.5) is 20.6 Å². The van der Waals surface area contributed by atoms with Gasteiger partial charge >= 0.3 is 12.0 Å². The molecular formula is C13H13FN4O3. The Morgan fingerprint density at radius 2 is 2.14 bits per heavy atom. The van der Waals surface area contributed by atoms with Crippen LogP contribution in [0.2, 0.25) is 0 Å². The van der Waals surface area contributed by atoms with E-state index in [0.29, 0.717) is 12.2 Å². The number of aromatic carboxylic acids is 1. The second-order valence-electron chi connectivity index (χ2n) is 4.16. The van der Waals surface area contributed by atoms with Gasteiger partial charge in [-0.05, 0) is 25.1 Å². The molecule has 0 aliphatic heterocycles. The quantitative estimate of drug-likeness (QED) is 0.806. The van der Waals surface area contributed by atoms with Crippen molar-refractivity contribution >= 4 is 23.4 Å². The van der Waals surface area contributed by atoms with Gasteiger partial charge in [-0.15, -0.1) is 0 Å². The molecule has 2 rings (SSSR count). The van der Waals surface area contributed by atoms with Crippen LogP contribution < -0.4 is 10.6 Å². The number of anilines is 2. The minimum atomic E-state index is -1.26. The number of nitrogens with zero attached hydrogens (tertiary/aromatic N) is 2. The van der Waals surface area contributed by atoms with E-state index in [4.69, 9.17) is 5.11 Å². The van der Waals surface area contributed by atoms with Gasteiger partial charge in [-0.1, -0.05) is 0 Å². The molecule has 0 unspecified atom stereocenters. The SMILES string of the molecule is CCn1cc(NC(=O)Nc2cc(F)ccc2C(=O)O)cn1. The summed E-state index contributed by atoms with van der Waals surface area (Å²) in [5, 5.41) is 17.7. The van der Waals surface area contributed by atoms with Crippen molar-refractivity contribution in [2.24, 2.45) is 0 Å². The molecule has 1 aromatic heterocycles. The molecule has 21 heavy (non-hydrogen) atoms. The first-order chi connectivity index (χ1) is 9.99. The zero-order chi connectivity index (χ0) is 15.4. The molecule has 1 heterocycles. The van der Waals surface area contributed by atoms with Gasteiger partial charge in [0.1, 0.15) is 5.82 Å². The standard InChI is InChI=1S/C13H13FN4O3/c1-2-18-7-9(6-15-18)16-13(21)17-11-5-8(14)3-4-10(11)12(19)20/h3-7H,2H2,1H3,(H,19,20)(H2,16,17,21). The van der Waals surface area contributed by atoms with Crippen molar-refractivity contribution in [2.45, 2.75) is 13.5 Å². The van der Waals surface area contributed by atoms with Crippen LogP contribution in [0.5, 0.6) is 0 Å². The fourth-order valence-electron chi connectivity index (χ4n) is 1.69. The molecule has 0 radical (unpaired) electrons. The molecule has 0 fully saturated rings. The Bertz CT molecular complexity index is 684. The van der Waals surface area contributed by atoms with Crippen LogP contribution in [0.25, 0.3) is 0 Å². The monoisotopic (exact) mass is 292 g/mol. The molecule has 110 valence electrons. The van der Waals surface area contributed by atoms with E-state index < -0.39 is 17.8 Å². The summed E-state index contributed by atoms with van der Waals surface area (Å²) in [6, 6.07) is 2.36. The topological polar surface area (TPSA) is 96.2 Å². The number of carbonyl (C=O) groups excluding carboxylic acids is 1. The number of aromatic nitrogens is 2. The van der Waals surface area contributed by atoms with E-state index in [2.05, 4.69) is 15.7 Å². The highest BCUT2D eigenvalue weighted by atomic mass is 19.1. The molecule has 2 amide bonds. The van der Waals surface area contributed by atoms with Crippen molar-refractivity contribution in [3.05, 3.63) is 42.0 Å². The predicted octanol–water partition coefficient (Wildman–Crippen LogP) is 2.38. The van der Waals surface area contributed by atoms with Gasteiger partial charge < -0.3 is 15.7 Å². The van der Waals surface area contributed by atoms with E-state index in [1.807, 2.05) is 6.92 Å². The zero-order valence-electron chi connectivity index (χ0n) is 11.1. The van der Waals surface area contributed by atoms with Gasteiger partial charge in [-0.3, -0.25) is 4.68 Å². The Kier molecular flexibility index (Phi) is 4.17. The third kappa shape index (κ3) is 3.56. The number of aryl methyl sites for hydroxylation is 1. The Morgan fingerprint density at radius 3 is 2.76 bits per heavy atom. The van der Waals surface area contributed by atoms with Crippen LogP contribution in [0.15, 0.2) is 30.6 Å². The largest absolute Gasteiger partial charge is 0.478 e. The number of carbonyl (C=O) groups is 2. The predicted molar refractivity (Wildman–Crippen MR) is 73.9 cm³/mol. The van der Waals surface area contributed by atoms with E-state index in [9.17, 15) is 14.0 Å². The highest BCUT2D eigenvalue weighted by Gasteiger charge is 2.13. The molecule has 0 bridgehead atoms. The van der Waals surface area contributed by atoms with Gasteiger partial charge in [0.25, 0.3) is 0 Å². The van der Waals surface area contributed by atoms with Crippen LogP contribution in [-0.2, 0) is 6.54 Å². The van der Waals surface area contributed by atoms with Crippen molar-refractivity contribution in [1.82, 2.24) is 9.78 Å². The Hall–Kier alpha value is -2.90. The smallest absolute Gasteiger partial charge is 0.337 e. The second kappa shape index (κ2) is 6.04. The van der Waals surface area contributed by atoms with Crippen LogP contribution >= 0.6 is 0 Å². The summed E-state index contributed by atoms with van der Waals surface area (Å²) in [6.45, 7) is 2.54. The third-order valence-corrected chi connectivity index (χ3v) is 2.68. The lowest BCUT2D eigenvalue weighted by atomic mass is 10.2. The molecule has 7 nitrogen and oxygen atoms in total. The van der Waals surface area contributed by atoms with Gasteiger partial charge in [0.2, 0.25) is 0 Å². The summed E-state index contributed by atoms with van der Waals surface area (Å²) in [7, 11) is 0. The first kappa shape index (κ1) is 14.5. The van der Waals surface area contributed by atoms with Gasteiger partial charge in [-0.2, -0.15) is 5.10 Å². The van der Waals surface area contributed by atoms with E-state index in [-0.39, 0.29) is 11.3 Å². The highest BCUT2D eigenvalue weighted by molar-refractivity contribution is 6.04. The molecule has 8 heteroatoms. The van der Waals surface area contributed by atoms with Gasteiger partial charge in [0, 0.05) is 12.7 Å². The van der Waals surface area contributed by atoms with E-state index in [0.717, 1.165) is 18.2 Å². The number of nitrogens with one attached hydrogen (secondary N) is 2. The number of carboxylic acids is 1. The maximum Gasteiger partial charge on any atom is 0.337 e. The average molecular weight is 292 g/mol. The van der Waals surface area contributed by atoms with Gasteiger partial charge in [0.05, 0.1) is 23.1 Å². The van der Waals surface area contributed by atoms with E-state index in [1.165, 1.54) is 6.20 Å². The van der Waals surface area contributed by atoms with Crippen molar-refractivity contribution in [3.8, 4) is 0 Å². The maximum absolute atomic E-state index is 13.2. The number of hydrogen-bond donors (Lipinski definition) is 3. The van der Waals surface area contributed by atoms with Gasteiger partial charge in [0.15, 0.2) is 0 Å². The third-order valence-electron chi connectivity index (χ3n) is 2.68. The van der Waals surface area contributed by atoms with E-state index >= 15 is 0 Å². The summed E-state index contributed by atoms with van der Waals surface area (Å²) in [6.07, 6.45) is 3.07. The first-order valence-electron chi connectivity index (χ1n) is 6.13. The van der Waals surface area contributed by atoms with Crippen molar-refractivity contribution in [2.75, 3.05) is 10.6 Å². The summed E-state index contributed by atoms with van der Waals surface area (Å²) < 4.78 is 14.8. The fourth-order valence-corrected chi connectivity index (χ4v) is 1.69. The Morgan fingerprint density at radius 1 is 1.38 bits per heavy atom. The van der Waals surface area contributed by atoms with Crippen molar-refractivity contribution in [3.63, 3.8) is 0 Å². The average Bonchev–Trinajstić information content (AvgIpc) is 2.85. The number of halogens is 1. The van der Waals surface area contributed by atoms with Crippen molar-refractivity contribution in [1.29, 1.82) is 0 Å². The maximum atomic E-state index is 13.2. The van der Waals surface area contributed by atoms with Crippen molar-refractivity contribution < 1.29 is 19.1 Å². The van der Waals surface area contributed by atoms with Crippen LogP contribution in [-0.4, -0.2) is 26.9 Å². The molecular weight excluding hydrogens is 279 g/mol. The molecule has 0 saturated carbocycles. The van der Waals surface area contributed by atoms with Crippen LogP contribution in [0.3, 0.4) is 0 Å². The molecule has 0 saturated heterocycles. The lowest BCUT2D eigenvalue weighted by molar-refractivity contribution is 0.0698. The Balaban J connectivity index is 2.12. The summed E-state index contributed by atoms with van der Waals surface area (Å²) in [4.78, 5) is 22.8. The molecule has 2 aromatic rings. The fraction of sp³-hybridized carbons (Fsp3) is 0.154. The number of benzene rings is 1. The number of carboxylic acid groups (broad SMARTS) is 1. The summed E-state index contributed by atoms with van der Waals surface area (Å²) in [5.74, 6) is -1.90. The zero-order valence-corrected chi connectivity index (χ0v) is 11.1. The number of urea groups is 1. The molecule has 0 atom stereocenters. The minimum absolute atomic E-state index is 0.122. The van der Waals surface area contributed by atoms with Gasteiger partial charge in [-0.25, -0.2) is 14.0 Å². The molecule has 0 aliphatic carbocycles. The summed E-state index contributed by atoms with van der Waals surface area (Å²) in [5.41, 5.74) is 0.126. The number of rotatable bonds is 4. The number of hydrogen-bond acceptors (Lipinski definition) is 3. The molecule has 3 N–H and O–H groups in total. The summed E-state index contributed by atoms with van der Waals surface area (Å²) >= 11 is 0. The molecule has 0 spiro atoms. The minimum Gasteiger partial charge on any atom is -0.478 e. The van der Waals surface area contributed by atoms with E-state index in [1.54, 1.807) is 10.9 Å². The molecule has 1 aromatic carbocycles. The lowest BCUT2D eigenvalue weighted by Crippen LogP contribution is -2.21. The number of amides is 2. The normalized spacial score (nSPS) is 10.2. The van der Waals surface area contributed by atoms with Crippen LogP contribution in [0, 0.1) is 5.82 Å². The second-order valence-corrected chi connectivity index (χ2v) is 4.16. The lowest BCUT2D eigenvalue weighted by Gasteiger charge is -2.09. The Labute approximate surface area is 119 Å². The molecule has 0 aliphatic rings. The highest BCUT2D eigenvalue weighted by Crippen LogP contribution is 2.17. The first-order valence-corrected chi connectivity index (χ1v) is 6.13. The van der Waals surface area contributed by atoms with Crippen LogP contribution in [0.1, 0.15) is 17.3 Å².